The first kappa shape index (κ1) is 36.8. The molecule has 0 spiro atoms. The topological polar surface area (TPSA) is 13.1 Å². The van der Waals surface area contributed by atoms with Gasteiger partial charge in [-0.2, -0.15) is 26.3 Å². The number of halogens is 6. The summed E-state index contributed by atoms with van der Waals surface area (Å²) in [6.07, 6.45) is -4.43. The highest BCUT2D eigenvalue weighted by Crippen LogP contribution is 2.49. The molecule has 1 aliphatic carbocycles. The van der Waals surface area contributed by atoms with E-state index in [0.717, 1.165) is 99.4 Å². The minimum Gasteiger partial charge on any atom is -0.456 e. The standard InChI is InChI=1S/C54H30F6O/c55-53(56,57)34-25-20-31(21-26-34)48-36-10-1-3-12-38(36)50(39-13-4-2-11-37(39)48)33-24-29-44-47(30-33)61-46-19-9-18-45(52(44)46)51-42-16-7-5-14-40(42)49(41-15-6-8-17-43(41)51)32-22-27-35(28-23-32)54(58,59)60/h1,3-10,12-22,24-30,32H,23H2. The number of furan rings is 1. The van der Waals surface area contributed by atoms with Crippen molar-refractivity contribution in [1.29, 1.82) is 0 Å². The molecule has 10 aromatic rings. The van der Waals surface area contributed by atoms with Gasteiger partial charge in [0.15, 0.2) is 0 Å². The number of hydrogen-bond acceptors (Lipinski definition) is 1. The summed E-state index contributed by atoms with van der Waals surface area (Å²) in [5, 5.41) is 9.22. The van der Waals surface area contributed by atoms with Crippen molar-refractivity contribution in [3.63, 3.8) is 0 Å². The molecule has 9 aromatic carbocycles. The fourth-order valence-electron chi connectivity index (χ4n) is 9.52. The summed E-state index contributed by atoms with van der Waals surface area (Å²) in [7, 11) is 0. The number of fused-ring (bicyclic) bond motifs is 7. The largest absolute Gasteiger partial charge is 0.456 e. The van der Waals surface area contributed by atoms with E-state index in [4.69, 9.17) is 4.42 Å². The van der Waals surface area contributed by atoms with E-state index in [0.29, 0.717) is 16.7 Å². The molecule has 0 amide bonds. The quantitative estimate of drug-likeness (QED) is 0.128. The van der Waals surface area contributed by atoms with Gasteiger partial charge in [0, 0.05) is 27.6 Å². The fraction of sp³-hybridized carbons (Fsp3) is 0.0741. The van der Waals surface area contributed by atoms with Crippen molar-refractivity contribution in [2.24, 2.45) is 0 Å². The van der Waals surface area contributed by atoms with Crippen molar-refractivity contribution in [3.8, 4) is 33.4 Å². The third kappa shape index (κ3) is 5.89. The molecule has 61 heavy (non-hydrogen) atoms. The summed E-state index contributed by atoms with van der Waals surface area (Å²) < 4.78 is 88.2. The Kier molecular flexibility index (Phi) is 8.21. The second-order valence-corrected chi connectivity index (χ2v) is 15.5. The van der Waals surface area contributed by atoms with Crippen molar-refractivity contribution < 1.29 is 30.8 Å². The zero-order chi connectivity index (χ0) is 41.6. The van der Waals surface area contributed by atoms with Crippen LogP contribution in [0.5, 0.6) is 0 Å². The molecule has 1 aliphatic rings. The third-order valence-electron chi connectivity index (χ3n) is 12.1. The normalized spacial score (nSPS) is 14.7. The molecule has 1 aromatic heterocycles. The average Bonchev–Trinajstić information content (AvgIpc) is 3.65. The van der Waals surface area contributed by atoms with Crippen molar-refractivity contribution in [2.45, 2.75) is 24.7 Å². The molecular formula is C54H30F6O. The molecule has 0 radical (unpaired) electrons. The number of hydrogen-bond donors (Lipinski definition) is 0. The summed E-state index contributed by atoms with van der Waals surface area (Å²) in [5.41, 5.74) is 6.31. The number of rotatable bonds is 4. The Labute approximate surface area is 345 Å². The van der Waals surface area contributed by atoms with Crippen LogP contribution in [0.3, 0.4) is 0 Å². The third-order valence-corrected chi connectivity index (χ3v) is 12.1. The molecule has 0 saturated carbocycles. The minimum atomic E-state index is -4.45. The van der Waals surface area contributed by atoms with Gasteiger partial charge in [-0.1, -0.05) is 133 Å². The van der Waals surface area contributed by atoms with Gasteiger partial charge in [0.05, 0.1) is 11.1 Å². The maximum atomic E-state index is 13.6. The highest BCUT2D eigenvalue weighted by atomic mass is 19.4. The van der Waals surface area contributed by atoms with Crippen LogP contribution in [0.25, 0.3) is 98.4 Å². The van der Waals surface area contributed by atoms with Gasteiger partial charge in [-0.05, 0) is 120 Å². The van der Waals surface area contributed by atoms with Crippen LogP contribution < -0.4 is 0 Å². The Morgan fingerprint density at radius 1 is 0.525 bits per heavy atom. The van der Waals surface area contributed by atoms with Crippen molar-refractivity contribution in [1.82, 2.24) is 0 Å². The summed E-state index contributed by atoms with van der Waals surface area (Å²) >= 11 is 0. The lowest BCUT2D eigenvalue weighted by Crippen LogP contribution is -2.13. The highest BCUT2D eigenvalue weighted by molar-refractivity contribution is 6.24. The molecule has 0 saturated heterocycles. The van der Waals surface area contributed by atoms with Crippen LogP contribution >= 0.6 is 0 Å². The molecule has 1 nitrogen and oxygen atoms in total. The van der Waals surface area contributed by atoms with Crippen molar-refractivity contribution >= 4 is 65.0 Å². The minimum absolute atomic E-state index is 0.238. The molecule has 294 valence electrons. The second kappa shape index (κ2) is 13.6. The summed E-state index contributed by atoms with van der Waals surface area (Å²) in [4.78, 5) is 0. The van der Waals surface area contributed by atoms with Gasteiger partial charge in [0.2, 0.25) is 0 Å². The molecule has 1 unspecified atom stereocenters. The smallest absolute Gasteiger partial charge is 0.416 e. The zero-order valence-electron chi connectivity index (χ0n) is 32.0. The lowest BCUT2D eigenvalue weighted by Gasteiger charge is -2.24. The van der Waals surface area contributed by atoms with Gasteiger partial charge >= 0.3 is 12.4 Å². The first-order valence-electron chi connectivity index (χ1n) is 19.8. The maximum absolute atomic E-state index is 13.6. The fourth-order valence-corrected chi connectivity index (χ4v) is 9.52. The van der Waals surface area contributed by atoms with Crippen molar-refractivity contribution in [3.05, 3.63) is 193 Å². The van der Waals surface area contributed by atoms with Gasteiger partial charge in [-0.3, -0.25) is 0 Å². The summed E-state index contributed by atoms with van der Waals surface area (Å²) in [5.74, 6) is -0.245. The van der Waals surface area contributed by atoms with Gasteiger partial charge in [-0.15, -0.1) is 0 Å². The lowest BCUT2D eigenvalue weighted by molar-refractivity contribution is -0.137. The van der Waals surface area contributed by atoms with Gasteiger partial charge < -0.3 is 4.42 Å². The van der Waals surface area contributed by atoms with E-state index in [9.17, 15) is 26.3 Å². The monoisotopic (exact) mass is 808 g/mol. The van der Waals surface area contributed by atoms with Gasteiger partial charge in [0.25, 0.3) is 0 Å². The number of benzene rings is 8. The van der Waals surface area contributed by atoms with Crippen LogP contribution in [0, 0.1) is 12.1 Å². The Morgan fingerprint density at radius 3 is 1.77 bits per heavy atom. The molecule has 7 heteroatoms. The molecule has 0 aliphatic heterocycles. The Morgan fingerprint density at radius 2 is 1.15 bits per heavy atom. The molecule has 0 fully saturated rings. The van der Waals surface area contributed by atoms with Crippen LogP contribution in [-0.2, 0) is 6.18 Å². The van der Waals surface area contributed by atoms with E-state index in [-0.39, 0.29) is 12.3 Å². The first-order chi connectivity index (χ1) is 29.5. The molecule has 11 rings (SSSR count). The van der Waals surface area contributed by atoms with Crippen LogP contribution in [-0.4, -0.2) is 6.18 Å². The summed E-state index contributed by atoms with van der Waals surface area (Å²) in [6.45, 7) is 0. The highest BCUT2D eigenvalue weighted by Gasteiger charge is 2.34. The van der Waals surface area contributed by atoms with Crippen LogP contribution in [0.15, 0.2) is 174 Å². The van der Waals surface area contributed by atoms with Crippen LogP contribution in [0.1, 0.15) is 23.5 Å². The van der Waals surface area contributed by atoms with E-state index >= 15 is 0 Å². The molecular weight excluding hydrogens is 779 g/mol. The Balaban J connectivity index is 1.10. The van der Waals surface area contributed by atoms with E-state index in [1.54, 1.807) is 12.1 Å². The van der Waals surface area contributed by atoms with Gasteiger partial charge in [-0.25, -0.2) is 0 Å². The Hall–Kier alpha value is -7.30. The predicted molar refractivity (Wildman–Crippen MR) is 233 cm³/mol. The molecule has 1 atom stereocenters. The number of allylic oxidation sites excluding steroid dienone is 4. The number of alkyl halides is 6. The van der Waals surface area contributed by atoms with Crippen LogP contribution in [0.4, 0.5) is 26.3 Å². The SMILES string of the molecule is FC(F)(F)C1=CCC(c2c3ccccc3c(-c3cccc4oc5cc(-c6c7ccc#cc7c(-c7ccc(C(F)(F)F)cc7)c7ccccc67)ccc5c34)c3ccccc23)C=C1. The molecule has 0 bridgehead atoms. The lowest BCUT2D eigenvalue weighted by atomic mass is 9.80. The molecule has 0 N–H and O–H groups in total. The van der Waals surface area contributed by atoms with E-state index in [1.807, 2.05) is 72.8 Å². The second-order valence-electron chi connectivity index (χ2n) is 15.5. The van der Waals surface area contributed by atoms with Gasteiger partial charge in [0.1, 0.15) is 11.2 Å². The van der Waals surface area contributed by atoms with E-state index in [1.165, 1.54) is 24.3 Å². The Bertz CT molecular complexity index is 3360. The maximum Gasteiger partial charge on any atom is 0.416 e. The predicted octanol–water partition coefficient (Wildman–Crippen LogP) is 16.4. The van der Waals surface area contributed by atoms with E-state index in [2.05, 4.69) is 54.6 Å². The van der Waals surface area contributed by atoms with Crippen molar-refractivity contribution in [2.75, 3.05) is 0 Å². The zero-order valence-corrected chi connectivity index (χ0v) is 32.0. The molecule has 1 heterocycles. The summed E-state index contributed by atoms with van der Waals surface area (Å²) in [6, 6.07) is 51.8. The first-order valence-corrected chi connectivity index (χ1v) is 19.8. The average molecular weight is 809 g/mol. The van der Waals surface area contributed by atoms with E-state index < -0.39 is 23.5 Å². The van der Waals surface area contributed by atoms with Crippen LogP contribution in [0.2, 0.25) is 0 Å².